The van der Waals surface area contributed by atoms with Crippen LogP contribution in [0, 0.1) is 0 Å². The lowest BCUT2D eigenvalue weighted by Crippen LogP contribution is -2.56. The fourth-order valence-electron chi connectivity index (χ4n) is 2.16. The Hall–Kier alpha value is -1.86. The average Bonchev–Trinajstić information content (AvgIpc) is 2.86. The monoisotopic (exact) mass is 267 g/mol. The van der Waals surface area contributed by atoms with E-state index in [0.717, 1.165) is 6.54 Å². The zero-order chi connectivity index (χ0) is 13.8. The molecule has 7 heteroatoms. The molecule has 2 heterocycles. The molecule has 0 spiro atoms. The normalized spacial score (nSPS) is 20.2. The number of carbonyl (C=O) groups is 2. The second kappa shape index (κ2) is 5.85. The number of primary amides is 1. The first-order valence-corrected chi connectivity index (χ1v) is 6.02. The first-order valence-electron chi connectivity index (χ1n) is 6.02. The molecule has 3 N–H and O–H groups in total. The maximum Gasteiger partial charge on any atom is 0.341 e. The summed E-state index contributed by atoms with van der Waals surface area (Å²) in [5.41, 5.74) is 5.75. The summed E-state index contributed by atoms with van der Waals surface area (Å²) in [6.45, 7) is 2.28. The van der Waals surface area contributed by atoms with Crippen LogP contribution in [0.2, 0.25) is 0 Å². The Morgan fingerprint density at radius 1 is 1.63 bits per heavy atom. The van der Waals surface area contributed by atoms with Gasteiger partial charge >= 0.3 is 5.97 Å². The number of nitrogens with two attached hydrogens (primary N) is 1. The van der Waals surface area contributed by atoms with Crippen LogP contribution in [0.5, 0.6) is 0 Å². The van der Waals surface area contributed by atoms with Gasteiger partial charge in [0.15, 0.2) is 0 Å². The van der Waals surface area contributed by atoms with Crippen LogP contribution >= 0.6 is 0 Å². The molecule has 1 aliphatic heterocycles. The molecule has 0 bridgehead atoms. The smallest absolute Gasteiger partial charge is 0.341 e. The molecular formula is C12H17N3O4. The standard InChI is InChI=1S/C12H17N3O4/c1-18-12(17)8-2-5-19-10(8)7-15-4-3-14-6-9(15)11(13)16/h2,5,9,14H,3-4,6-7H2,1H3,(H2,13,16). The van der Waals surface area contributed by atoms with E-state index in [9.17, 15) is 9.59 Å². The number of esters is 1. The summed E-state index contributed by atoms with van der Waals surface area (Å²) in [5.74, 6) is -0.354. The molecule has 1 amide bonds. The number of hydrogen-bond donors (Lipinski definition) is 2. The molecule has 104 valence electrons. The Labute approximate surface area is 110 Å². The summed E-state index contributed by atoms with van der Waals surface area (Å²) in [6, 6.07) is 1.16. The summed E-state index contributed by atoms with van der Waals surface area (Å²) < 4.78 is 9.98. The van der Waals surface area contributed by atoms with Crippen LogP contribution in [-0.2, 0) is 16.1 Å². The molecular weight excluding hydrogens is 250 g/mol. The number of furan rings is 1. The number of carbonyl (C=O) groups excluding carboxylic acids is 2. The van der Waals surface area contributed by atoms with Crippen molar-refractivity contribution in [2.24, 2.45) is 5.73 Å². The molecule has 0 aliphatic carbocycles. The minimum Gasteiger partial charge on any atom is -0.467 e. The second-order valence-electron chi connectivity index (χ2n) is 4.34. The van der Waals surface area contributed by atoms with Crippen molar-refractivity contribution in [3.8, 4) is 0 Å². The first kappa shape index (κ1) is 13.6. The third-order valence-electron chi connectivity index (χ3n) is 3.18. The number of hydrogen-bond acceptors (Lipinski definition) is 6. The van der Waals surface area contributed by atoms with Crippen molar-refractivity contribution in [2.75, 3.05) is 26.7 Å². The van der Waals surface area contributed by atoms with Crippen molar-refractivity contribution < 1.29 is 18.7 Å². The lowest BCUT2D eigenvalue weighted by molar-refractivity contribution is -0.124. The van der Waals surface area contributed by atoms with Crippen LogP contribution in [-0.4, -0.2) is 49.6 Å². The highest BCUT2D eigenvalue weighted by Gasteiger charge is 2.29. The van der Waals surface area contributed by atoms with Gasteiger partial charge in [0.1, 0.15) is 17.4 Å². The van der Waals surface area contributed by atoms with Crippen molar-refractivity contribution in [1.29, 1.82) is 0 Å². The summed E-state index contributed by atoms with van der Waals surface area (Å²) in [6.07, 6.45) is 1.43. The predicted molar refractivity (Wildman–Crippen MR) is 66.3 cm³/mol. The molecule has 2 rings (SSSR count). The Kier molecular flexibility index (Phi) is 4.18. The summed E-state index contributed by atoms with van der Waals surface area (Å²) in [7, 11) is 1.32. The van der Waals surface area contributed by atoms with Crippen molar-refractivity contribution in [3.63, 3.8) is 0 Å². The molecule has 1 aliphatic rings. The van der Waals surface area contributed by atoms with Crippen LogP contribution in [0.25, 0.3) is 0 Å². The Balaban J connectivity index is 2.13. The Morgan fingerprint density at radius 2 is 2.42 bits per heavy atom. The second-order valence-corrected chi connectivity index (χ2v) is 4.34. The van der Waals surface area contributed by atoms with Crippen LogP contribution in [0.15, 0.2) is 16.7 Å². The molecule has 1 aromatic rings. The van der Waals surface area contributed by atoms with Gasteiger partial charge < -0.3 is 20.2 Å². The summed E-state index contributed by atoms with van der Waals surface area (Å²) in [4.78, 5) is 24.8. The van der Waals surface area contributed by atoms with Gasteiger partial charge in [-0.3, -0.25) is 9.69 Å². The van der Waals surface area contributed by atoms with E-state index < -0.39 is 17.9 Å². The highest BCUT2D eigenvalue weighted by molar-refractivity contribution is 5.90. The molecule has 7 nitrogen and oxygen atoms in total. The number of rotatable bonds is 4. The van der Waals surface area contributed by atoms with Crippen LogP contribution < -0.4 is 11.1 Å². The van der Waals surface area contributed by atoms with Gasteiger partial charge in [0.2, 0.25) is 5.91 Å². The van der Waals surface area contributed by atoms with Crippen LogP contribution in [0.4, 0.5) is 0 Å². The SMILES string of the molecule is COC(=O)c1ccoc1CN1CCNCC1C(N)=O. The third kappa shape index (κ3) is 2.94. The van der Waals surface area contributed by atoms with Crippen molar-refractivity contribution in [2.45, 2.75) is 12.6 Å². The number of nitrogens with one attached hydrogen (secondary N) is 1. The molecule has 1 aromatic heterocycles. The van der Waals surface area contributed by atoms with E-state index in [0.29, 0.717) is 31.0 Å². The van der Waals surface area contributed by atoms with Gasteiger partial charge in [0.25, 0.3) is 0 Å². The van der Waals surface area contributed by atoms with Crippen molar-refractivity contribution in [1.82, 2.24) is 10.2 Å². The third-order valence-corrected chi connectivity index (χ3v) is 3.18. The molecule has 1 unspecified atom stereocenters. The molecule has 19 heavy (non-hydrogen) atoms. The number of piperazine rings is 1. The first-order chi connectivity index (χ1) is 9.13. The zero-order valence-corrected chi connectivity index (χ0v) is 10.7. The minimum absolute atomic E-state index is 0.354. The number of ether oxygens (including phenoxy) is 1. The Bertz CT molecular complexity index is 471. The number of amides is 1. The van der Waals surface area contributed by atoms with E-state index in [2.05, 4.69) is 10.1 Å². The van der Waals surface area contributed by atoms with Crippen molar-refractivity contribution in [3.05, 3.63) is 23.7 Å². The number of methoxy groups -OCH3 is 1. The minimum atomic E-state index is -0.450. The maximum absolute atomic E-state index is 11.5. The molecule has 1 fully saturated rings. The Morgan fingerprint density at radius 3 is 3.11 bits per heavy atom. The van der Waals surface area contributed by atoms with Crippen LogP contribution in [0.3, 0.4) is 0 Å². The van der Waals surface area contributed by atoms with E-state index >= 15 is 0 Å². The van der Waals surface area contributed by atoms with E-state index in [1.807, 2.05) is 4.90 Å². The van der Waals surface area contributed by atoms with Gasteiger partial charge in [-0.2, -0.15) is 0 Å². The van der Waals surface area contributed by atoms with Crippen LogP contribution in [0.1, 0.15) is 16.1 Å². The fourth-order valence-corrected chi connectivity index (χ4v) is 2.16. The topological polar surface area (TPSA) is 97.8 Å². The maximum atomic E-state index is 11.5. The van der Waals surface area contributed by atoms with E-state index in [-0.39, 0.29) is 0 Å². The van der Waals surface area contributed by atoms with E-state index in [1.54, 1.807) is 6.07 Å². The lowest BCUT2D eigenvalue weighted by atomic mass is 10.1. The fraction of sp³-hybridized carbons (Fsp3) is 0.500. The highest BCUT2D eigenvalue weighted by Crippen LogP contribution is 2.16. The molecule has 0 aromatic carbocycles. The van der Waals surface area contributed by atoms with Gasteiger partial charge in [0, 0.05) is 19.6 Å². The summed E-state index contributed by atoms with van der Waals surface area (Å²) >= 11 is 0. The quantitative estimate of drug-likeness (QED) is 0.702. The van der Waals surface area contributed by atoms with Gasteiger partial charge in [-0.25, -0.2) is 4.79 Å². The largest absolute Gasteiger partial charge is 0.467 e. The van der Waals surface area contributed by atoms with Gasteiger partial charge in [-0.1, -0.05) is 0 Å². The molecule has 1 atom stereocenters. The highest BCUT2D eigenvalue weighted by atomic mass is 16.5. The average molecular weight is 267 g/mol. The van der Waals surface area contributed by atoms with E-state index in [4.69, 9.17) is 10.2 Å². The van der Waals surface area contributed by atoms with Gasteiger partial charge in [-0.05, 0) is 6.07 Å². The van der Waals surface area contributed by atoms with Gasteiger partial charge in [-0.15, -0.1) is 0 Å². The van der Waals surface area contributed by atoms with Gasteiger partial charge in [0.05, 0.1) is 19.9 Å². The van der Waals surface area contributed by atoms with Crippen molar-refractivity contribution >= 4 is 11.9 Å². The summed E-state index contributed by atoms with van der Waals surface area (Å²) in [5, 5.41) is 3.11. The lowest BCUT2D eigenvalue weighted by Gasteiger charge is -2.33. The number of nitrogens with zero attached hydrogens (tertiary/aromatic N) is 1. The molecule has 0 radical (unpaired) electrons. The molecule has 1 saturated heterocycles. The molecule has 0 saturated carbocycles. The predicted octanol–water partition coefficient (Wildman–Crippen LogP) is -0.675. The van der Waals surface area contributed by atoms with E-state index in [1.165, 1.54) is 13.4 Å². The zero-order valence-electron chi connectivity index (χ0n) is 10.7.